The molecule has 1 aromatic carbocycles. The van der Waals surface area contributed by atoms with Crippen molar-refractivity contribution in [3.8, 4) is 0 Å². The van der Waals surface area contributed by atoms with E-state index in [1.807, 2.05) is 4.90 Å². The Morgan fingerprint density at radius 3 is 2.54 bits per heavy atom. The number of ether oxygens (including phenoxy) is 2. The van der Waals surface area contributed by atoms with Gasteiger partial charge in [0.15, 0.2) is 0 Å². The van der Waals surface area contributed by atoms with Crippen LogP contribution in [0.15, 0.2) is 36.9 Å². The minimum Gasteiger partial charge on any atom is -0.381 e. The standard InChI is InChI=1S/C20H26N2O4/c1-3-19(23)21(2)17-6-4-16(5-7-17)20(24)22-10-13-26-18(14-22)15-8-11-25-12-9-15/h3-7,15,18H,1,8-14H2,2H3. The van der Waals surface area contributed by atoms with Crippen LogP contribution in [-0.2, 0) is 14.3 Å². The third-order valence-electron chi connectivity index (χ3n) is 5.18. The van der Waals surface area contributed by atoms with Gasteiger partial charge in [0.2, 0.25) is 5.91 Å². The maximum atomic E-state index is 12.8. The number of likely N-dealkylation sites (N-methyl/N-ethyl adjacent to an activating group) is 1. The second-order valence-electron chi connectivity index (χ2n) is 6.76. The van der Waals surface area contributed by atoms with Gasteiger partial charge in [-0.05, 0) is 49.1 Å². The normalized spacial score (nSPS) is 21.3. The molecule has 0 aromatic heterocycles. The molecule has 2 fully saturated rings. The summed E-state index contributed by atoms with van der Waals surface area (Å²) >= 11 is 0. The number of anilines is 1. The largest absolute Gasteiger partial charge is 0.381 e. The van der Waals surface area contributed by atoms with Gasteiger partial charge in [-0.3, -0.25) is 9.59 Å². The Morgan fingerprint density at radius 2 is 1.88 bits per heavy atom. The number of rotatable bonds is 4. The van der Waals surface area contributed by atoms with E-state index in [0.29, 0.717) is 31.2 Å². The average Bonchev–Trinajstić information content (AvgIpc) is 2.73. The van der Waals surface area contributed by atoms with Gasteiger partial charge < -0.3 is 19.3 Å². The molecule has 2 aliphatic heterocycles. The van der Waals surface area contributed by atoms with Crippen LogP contribution in [0, 0.1) is 5.92 Å². The van der Waals surface area contributed by atoms with Crippen molar-refractivity contribution in [1.29, 1.82) is 0 Å². The first-order valence-corrected chi connectivity index (χ1v) is 9.09. The zero-order valence-electron chi connectivity index (χ0n) is 15.2. The van der Waals surface area contributed by atoms with E-state index in [1.54, 1.807) is 31.3 Å². The molecule has 0 bridgehead atoms. The van der Waals surface area contributed by atoms with Gasteiger partial charge in [-0.25, -0.2) is 0 Å². The van der Waals surface area contributed by atoms with Crippen LogP contribution in [0.1, 0.15) is 23.2 Å². The van der Waals surface area contributed by atoms with Crippen molar-refractivity contribution in [1.82, 2.24) is 4.90 Å². The Hall–Kier alpha value is -2.18. The number of morpholine rings is 1. The molecule has 2 amide bonds. The van der Waals surface area contributed by atoms with E-state index in [0.717, 1.165) is 31.7 Å². The first kappa shape index (κ1) is 18.6. The van der Waals surface area contributed by atoms with Crippen LogP contribution in [0.25, 0.3) is 0 Å². The van der Waals surface area contributed by atoms with Crippen molar-refractivity contribution >= 4 is 17.5 Å². The van der Waals surface area contributed by atoms with Crippen LogP contribution < -0.4 is 4.90 Å². The van der Waals surface area contributed by atoms with Crippen molar-refractivity contribution < 1.29 is 19.1 Å². The van der Waals surface area contributed by atoms with Crippen LogP contribution >= 0.6 is 0 Å². The third-order valence-corrected chi connectivity index (χ3v) is 5.18. The third kappa shape index (κ3) is 4.14. The quantitative estimate of drug-likeness (QED) is 0.774. The minimum absolute atomic E-state index is 0.00890. The van der Waals surface area contributed by atoms with E-state index in [1.165, 1.54) is 11.0 Å². The van der Waals surface area contributed by atoms with Gasteiger partial charge >= 0.3 is 0 Å². The highest BCUT2D eigenvalue weighted by molar-refractivity contribution is 6.01. The lowest BCUT2D eigenvalue weighted by Crippen LogP contribution is -2.49. The molecule has 0 N–H and O–H groups in total. The predicted octanol–water partition coefficient (Wildman–Crippen LogP) is 2.10. The van der Waals surface area contributed by atoms with Crippen LogP contribution in [0.3, 0.4) is 0 Å². The number of carbonyl (C=O) groups is 2. The summed E-state index contributed by atoms with van der Waals surface area (Å²) in [5, 5.41) is 0. The molecule has 2 saturated heterocycles. The molecule has 26 heavy (non-hydrogen) atoms. The summed E-state index contributed by atoms with van der Waals surface area (Å²) in [4.78, 5) is 27.9. The molecular weight excluding hydrogens is 332 g/mol. The van der Waals surface area contributed by atoms with Gasteiger partial charge in [0.1, 0.15) is 0 Å². The first-order chi connectivity index (χ1) is 12.6. The molecule has 1 unspecified atom stereocenters. The van der Waals surface area contributed by atoms with Gasteiger partial charge in [-0.2, -0.15) is 0 Å². The maximum absolute atomic E-state index is 12.8. The molecule has 6 nitrogen and oxygen atoms in total. The van der Waals surface area contributed by atoms with Gasteiger partial charge in [-0.15, -0.1) is 0 Å². The van der Waals surface area contributed by atoms with E-state index >= 15 is 0 Å². The van der Waals surface area contributed by atoms with Crippen LogP contribution in [0.5, 0.6) is 0 Å². The molecule has 2 aliphatic rings. The molecule has 2 heterocycles. The van der Waals surface area contributed by atoms with Gasteiger partial charge in [0, 0.05) is 44.6 Å². The monoisotopic (exact) mass is 358 g/mol. The summed E-state index contributed by atoms with van der Waals surface area (Å²) in [6, 6.07) is 7.10. The van der Waals surface area contributed by atoms with Crippen molar-refractivity contribution in [2.24, 2.45) is 5.92 Å². The summed E-state index contributed by atoms with van der Waals surface area (Å²) in [5.41, 5.74) is 1.36. The number of nitrogens with zero attached hydrogens (tertiary/aromatic N) is 2. The fourth-order valence-electron chi connectivity index (χ4n) is 3.51. The Balaban J connectivity index is 1.64. The summed E-state index contributed by atoms with van der Waals surface area (Å²) in [5.74, 6) is 0.284. The maximum Gasteiger partial charge on any atom is 0.254 e. The van der Waals surface area contributed by atoms with Gasteiger partial charge in [-0.1, -0.05) is 6.58 Å². The lowest BCUT2D eigenvalue weighted by atomic mass is 9.92. The Morgan fingerprint density at radius 1 is 1.19 bits per heavy atom. The van der Waals surface area contributed by atoms with Crippen molar-refractivity contribution in [2.45, 2.75) is 18.9 Å². The molecule has 1 aromatic rings. The molecular formula is C20H26N2O4. The number of hydrogen-bond donors (Lipinski definition) is 0. The second-order valence-corrected chi connectivity index (χ2v) is 6.76. The molecule has 0 saturated carbocycles. The topological polar surface area (TPSA) is 59.1 Å². The Labute approximate surface area is 154 Å². The summed E-state index contributed by atoms with van der Waals surface area (Å²) in [6.07, 6.45) is 3.34. The Bertz CT molecular complexity index is 652. The fourth-order valence-corrected chi connectivity index (χ4v) is 3.51. The highest BCUT2D eigenvalue weighted by Crippen LogP contribution is 2.25. The molecule has 1 atom stereocenters. The highest BCUT2D eigenvalue weighted by Gasteiger charge is 2.31. The minimum atomic E-state index is -0.184. The summed E-state index contributed by atoms with van der Waals surface area (Å²) in [7, 11) is 1.68. The van der Waals surface area contributed by atoms with Crippen molar-refractivity contribution in [3.63, 3.8) is 0 Å². The Kier molecular flexibility index (Phi) is 6.06. The zero-order valence-corrected chi connectivity index (χ0v) is 15.2. The van der Waals surface area contributed by atoms with Gasteiger partial charge in [0.25, 0.3) is 5.91 Å². The molecule has 140 valence electrons. The van der Waals surface area contributed by atoms with Crippen LogP contribution in [0.2, 0.25) is 0 Å². The number of amides is 2. The lowest BCUT2D eigenvalue weighted by Gasteiger charge is -2.38. The predicted molar refractivity (Wildman–Crippen MR) is 99.2 cm³/mol. The van der Waals surface area contributed by atoms with E-state index in [2.05, 4.69) is 6.58 Å². The fraction of sp³-hybridized carbons (Fsp3) is 0.500. The van der Waals surface area contributed by atoms with E-state index in [4.69, 9.17) is 9.47 Å². The molecule has 0 aliphatic carbocycles. The van der Waals surface area contributed by atoms with Crippen LogP contribution in [-0.4, -0.2) is 62.8 Å². The average molecular weight is 358 g/mol. The summed E-state index contributed by atoms with van der Waals surface area (Å²) in [6.45, 7) is 6.84. The van der Waals surface area contributed by atoms with E-state index < -0.39 is 0 Å². The first-order valence-electron chi connectivity index (χ1n) is 9.09. The molecule has 6 heteroatoms. The lowest BCUT2D eigenvalue weighted by molar-refractivity contribution is -0.113. The molecule has 0 radical (unpaired) electrons. The second kappa shape index (κ2) is 8.47. The SMILES string of the molecule is C=CC(=O)N(C)c1ccc(C(=O)N2CCOC(C3CCOCC3)C2)cc1. The highest BCUT2D eigenvalue weighted by atomic mass is 16.5. The summed E-state index contributed by atoms with van der Waals surface area (Å²) < 4.78 is 11.3. The molecule has 0 spiro atoms. The van der Waals surface area contributed by atoms with Crippen molar-refractivity contribution in [2.75, 3.05) is 44.9 Å². The smallest absolute Gasteiger partial charge is 0.254 e. The van der Waals surface area contributed by atoms with Gasteiger partial charge in [0.05, 0.1) is 12.7 Å². The number of carbonyl (C=O) groups excluding carboxylic acids is 2. The van der Waals surface area contributed by atoms with E-state index in [9.17, 15) is 9.59 Å². The zero-order chi connectivity index (χ0) is 18.5. The van der Waals surface area contributed by atoms with E-state index in [-0.39, 0.29) is 17.9 Å². The van der Waals surface area contributed by atoms with Crippen LogP contribution in [0.4, 0.5) is 5.69 Å². The number of hydrogen-bond acceptors (Lipinski definition) is 4. The molecule has 3 rings (SSSR count). The number of benzene rings is 1. The van der Waals surface area contributed by atoms with Crippen molar-refractivity contribution in [3.05, 3.63) is 42.5 Å².